The van der Waals surface area contributed by atoms with Gasteiger partial charge < -0.3 is 4.90 Å². The Balaban J connectivity index is 2.05. The number of hydrogen-bond acceptors (Lipinski definition) is 4. The van der Waals surface area contributed by atoms with Crippen LogP contribution in [0.5, 0.6) is 0 Å². The zero-order valence-electron chi connectivity index (χ0n) is 12.0. The Morgan fingerprint density at radius 2 is 2.10 bits per heavy atom. The van der Waals surface area contributed by atoms with E-state index in [1.165, 1.54) is 25.7 Å². The van der Waals surface area contributed by atoms with Crippen molar-refractivity contribution >= 4 is 39.0 Å². The van der Waals surface area contributed by atoms with Crippen molar-refractivity contribution in [2.24, 2.45) is 5.92 Å². The van der Waals surface area contributed by atoms with Crippen LogP contribution >= 0.6 is 22.9 Å². The summed E-state index contributed by atoms with van der Waals surface area (Å²) in [4.78, 5) is 12.4. The zero-order valence-corrected chi connectivity index (χ0v) is 13.5. The lowest BCUT2D eigenvalue weighted by Gasteiger charge is -2.32. The van der Waals surface area contributed by atoms with Gasteiger partial charge in [-0.15, -0.1) is 11.3 Å². The van der Waals surface area contributed by atoms with Gasteiger partial charge in [-0.2, -0.15) is 4.98 Å². The highest BCUT2D eigenvalue weighted by Gasteiger charge is 2.26. The second-order valence-electron chi connectivity index (χ2n) is 5.94. The minimum absolute atomic E-state index is 0.363. The molecule has 1 aliphatic carbocycles. The Kier molecular flexibility index (Phi) is 4.13. The van der Waals surface area contributed by atoms with Gasteiger partial charge in [-0.1, -0.05) is 26.7 Å². The third kappa shape index (κ3) is 2.77. The van der Waals surface area contributed by atoms with Gasteiger partial charge in [0.15, 0.2) is 0 Å². The highest BCUT2D eigenvalue weighted by molar-refractivity contribution is 7.16. The smallest absolute Gasteiger partial charge is 0.225 e. The van der Waals surface area contributed by atoms with Crippen LogP contribution in [0.4, 0.5) is 5.82 Å². The first-order valence-electron chi connectivity index (χ1n) is 7.32. The van der Waals surface area contributed by atoms with Gasteiger partial charge in [0.1, 0.15) is 10.6 Å². The normalized spacial score (nSPS) is 16.4. The molecule has 2 heterocycles. The maximum atomic E-state index is 6.13. The summed E-state index contributed by atoms with van der Waals surface area (Å²) in [7, 11) is 0. The van der Waals surface area contributed by atoms with E-state index < -0.39 is 0 Å². The quantitative estimate of drug-likeness (QED) is 0.763. The number of anilines is 1. The second-order valence-corrected chi connectivity index (χ2v) is 7.17. The molecule has 0 radical (unpaired) electrons. The fourth-order valence-electron chi connectivity index (χ4n) is 3.05. The van der Waals surface area contributed by atoms with Crippen molar-refractivity contribution in [3.63, 3.8) is 0 Å². The van der Waals surface area contributed by atoms with Crippen molar-refractivity contribution in [2.75, 3.05) is 11.4 Å². The molecule has 3 rings (SSSR count). The molecule has 0 saturated heterocycles. The average molecular weight is 310 g/mol. The van der Waals surface area contributed by atoms with Gasteiger partial charge in [-0.3, -0.25) is 0 Å². The van der Waals surface area contributed by atoms with E-state index in [1.807, 2.05) is 0 Å². The molecule has 2 aromatic heterocycles. The maximum Gasteiger partial charge on any atom is 0.225 e. The van der Waals surface area contributed by atoms with Gasteiger partial charge in [-0.05, 0) is 41.8 Å². The van der Waals surface area contributed by atoms with Crippen LogP contribution in [0.3, 0.4) is 0 Å². The van der Waals surface area contributed by atoms with E-state index in [9.17, 15) is 0 Å². The molecule has 0 spiro atoms. The van der Waals surface area contributed by atoms with Gasteiger partial charge in [0.2, 0.25) is 5.28 Å². The summed E-state index contributed by atoms with van der Waals surface area (Å²) in [6.07, 6.45) is 5.18. The predicted octanol–water partition coefficient (Wildman–Crippen LogP) is 4.75. The molecule has 0 aliphatic heterocycles. The Hall–Kier alpha value is -0.870. The lowest BCUT2D eigenvalue weighted by Crippen LogP contribution is -2.37. The first-order chi connectivity index (χ1) is 9.65. The average Bonchev–Trinajstić information content (AvgIpc) is 3.05. The van der Waals surface area contributed by atoms with Crippen LogP contribution in [0.1, 0.15) is 39.5 Å². The van der Waals surface area contributed by atoms with E-state index in [1.54, 1.807) is 11.3 Å². The Labute approximate surface area is 129 Å². The van der Waals surface area contributed by atoms with Crippen LogP contribution < -0.4 is 4.90 Å². The molecule has 108 valence electrons. The monoisotopic (exact) mass is 309 g/mol. The number of halogens is 1. The number of fused-ring (bicyclic) bond motifs is 1. The Morgan fingerprint density at radius 3 is 2.80 bits per heavy atom. The first kappa shape index (κ1) is 14.1. The third-order valence-corrected chi connectivity index (χ3v) is 4.85. The number of rotatable bonds is 4. The Morgan fingerprint density at radius 1 is 1.35 bits per heavy atom. The molecule has 0 amide bonds. The van der Waals surface area contributed by atoms with Gasteiger partial charge in [0.25, 0.3) is 0 Å². The van der Waals surface area contributed by atoms with Crippen LogP contribution in [0.25, 0.3) is 10.2 Å². The molecule has 0 atom stereocenters. The summed E-state index contributed by atoms with van der Waals surface area (Å²) >= 11 is 7.76. The number of aromatic nitrogens is 2. The van der Waals surface area contributed by atoms with E-state index >= 15 is 0 Å². The largest absolute Gasteiger partial charge is 0.353 e. The van der Waals surface area contributed by atoms with Crippen molar-refractivity contribution in [1.29, 1.82) is 0 Å². The highest BCUT2D eigenvalue weighted by atomic mass is 35.5. The second kappa shape index (κ2) is 5.86. The van der Waals surface area contributed by atoms with Crippen molar-refractivity contribution in [2.45, 2.75) is 45.6 Å². The molecule has 1 aliphatic rings. The van der Waals surface area contributed by atoms with Crippen molar-refractivity contribution in [3.8, 4) is 0 Å². The lowest BCUT2D eigenvalue weighted by molar-refractivity contribution is 0.532. The molecular formula is C15H20ClN3S. The fourth-order valence-corrected chi connectivity index (χ4v) is 4.02. The van der Waals surface area contributed by atoms with Crippen LogP contribution in [-0.4, -0.2) is 22.6 Å². The molecule has 1 fully saturated rings. The van der Waals surface area contributed by atoms with Crippen LogP contribution in [0.15, 0.2) is 11.4 Å². The molecule has 0 bridgehead atoms. The molecule has 20 heavy (non-hydrogen) atoms. The lowest BCUT2D eigenvalue weighted by atomic mass is 10.1. The molecule has 2 aromatic rings. The summed E-state index contributed by atoms with van der Waals surface area (Å²) in [6.45, 7) is 5.55. The van der Waals surface area contributed by atoms with Crippen LogP contribution in [0, 0.1) is 5.92 Å². The van der Waals surface area contributed by atoms with Crippen LogP contribution in [-0.2, 0) is 0 Å². The summed E-state index contributed by atoms with van der Waals surface area (Å²) in [6, 6.07) is 2.72. The molecule has 1 saturated carbocycles. The van der Waals surface area contributed by atoms with Gasteiger partial charge >= 0.3 is 0 Å². The highest BCUT2D eigenvalue weighted by Crippen LogP contribution is 2.34. The number of nitrogens with zero attached hydrogens (tertiary/aromatic N) is 3. The van der Waals surface area contributed by atoms with E-state index in [-0.39, 0.29) is 0 Å². The predicted molar refractivity (Wildman–Crippen MR) is 86.9 cm³/mol. The fraction of sp³-hybridized carbons (Fsp3) is 0.600. The number of hydrogen-bond donors (Lipinski definition) is 0. The van der Waals surface area contributed by atoms with Crippen molar-refractivity contribution < 1.29 is 0 Å². The topological polar surface area (TPSA) is 29.0 Å². The minimum Gasteiger partial charge on any atom is -0.353 e. The van der Waals surface area contributed by atoms with Gasteiger partial charge in [0.05, 0.1) is 5.39 Å². The summed E-state index contributed by atoms with van der Waals surface area (Å²) in [5.74, 6) is 1.64. The zero-order chi connectivity index (χ0) is 14.1. The van der Waals surface area contributed by atoms with Crippen LogP contribution in [0.2, 0.25) is 5.28 Å². The third-order valence-electron chi connectivity index (χ3n) is 3.88. The van der Waals surface area contributed by atoms with E-state index in [0.29, 0.717) is 17.2 Å². The van der Waals surface area contributed by atoms with Crippen molar-refractivity contribution in [1.82, 2.24) is 9.97 Å². The summed E-state index contributed by atoms with van der Waals surface area (Å²) in [5.41, 5.74) is 0. The van der Waals surface area contributed by atoms with E-state index in [2.05, 4.69) is 40.2 Å². The molecular weight excluding hydrogens is 290 g/mol. The number of thiophene rings is 1. The van der Waals surface area contributed by atoms with E-state index in [0.717, 1.165) is 22.6 Å². The molecule has 3 nitrogen and oxygen atoms in total. The Bertz CT molecular complexity index is 590. The SMILES string of the molecule is CC(C)CN(c1nc(Cl)nc2sccc12)C1CCCC1. The van der Waals surface area contributed by atoms with Crippen molar-refractivity contribution in [3.05, 3.63) is 16.7 Å². The van der Waals surface area contributed by atoms with E-state index in [4.69, 9.17) is 11.6 Å². The first-order valence-corrected chi connectivity index (χ1v) is 8.58. The van der Waals surface area contributed by atoms with Gasteiger partial charge in [-0.25, -0.2) is 4.98 Å². The molecule has 0 N–H and O–H groups in total. The molecule has 0 unspecified atom stereocenters. The molecule has 5 heteroatoms. The summed E-state index contributed by atoms with van der Waals surface area (Å²) in [5, 5.41) is 3.58. The standard InChI is InChI=1S/C15H20ClN3S/c1-10(2)9-19(11-5-3-4-6-11)13-12-7-8-20-14(12)18-15(16)17-13/h7-8,10-11H,3-6,9H2,1-2H3. The minimum atomic E-state index is 0.363. The molecule has 0 aromatic carbocycles. The maximum absolute atomic E-state index is 6.13. The van der Waals surface area contributed by atoms with Gasteiger partial charge in [0, 0.05) is 12.6 Å². The summed E-state index contributed by atoms with van der Waals surface area (Å²) < 4.78 is 0.